The first-order valence-electron chi connectivity index (χ1n) is 5.72. The molecule has 6 heteroatoms. The van der Waals surface area contributed by atoms with Gasteiger partial charge in [-0.3, -0.25) is 0 Å². The highest BCUT2D eigenvalue weighted by Crippen LogP contribution is 2.43. The van der Waals surface area contributed by atoms with Gasteiger partial charge in [0.05, 0.1) is 0 Å². The van der Waals surface area contributed by atoms with Crippen molar-refractivity contribution in [3.05, 3.63) is 35.6 Å². The highest BCUT2D eigenvalue weighted by atomic mass is 19.4. The summed E-state index contributed by atoms with van der Waals surface area (Å²) in [5, 5.41) is 10.4. The van der Waals surface area contributed by atoms with Crippen LogP contribution < -0.4 is 5.73 Å². The second kappa shape index (κ2) is 4.25. The third-order valence-electron chi connectivity index (χ3n) is 3.21. The molecule has 3 N–H and O–H groups in total. The van der Waals surface area contributed by atoms with E-state index in [1.807, 2.05) is 0 Å². The number of nitrogens with two attached hydrogens (primary N) is 1. The van der Waals surface area contributed by atoms with Crippen LogP contribution in [0.25, 0.3) is 11.0 Å². The fourth-order valence-electron chi connectivity index (χ4n) is 2.02. The summed E-state index contributed by atoms with van der Waals surface area (Å²) in [6, 6.07) is 4.67. The lowest BCUT2D eigenvalue weighted by Gasteiger charge is -2.31. The normalized spacial score (nSPS) is 17.4. The third-order valence-corrected chi connectivity index (χ3v) is 3.21. The van der Waals surface area contributed by atoms with Crippen LogP contribution in [0.3, 0.4) is 0 Å². The Morgan fingerprint density at radius 3 is 2.42 bits per heavy atom. The van der Waals surface area contributed by atoms with Crippen molar-refractivity contribution in [2.45, 2.75) is 31.7 Å². The van der Waals surface area contributed by atoms with E-state index in [2.05, 4.69) is 0 Å². The topological polar surface area (TPSA) is 59.4 Å². The molecule has 0 saturated carbocycles. The van der Waals surface area contributed by atoms with E-state index >= 15 is 0 Å². The quantitative estimate of drug-likeness (QED) is 0.884. The van der Waals surface area contributed by atoms with Crippen molar-refractivity contribution in [2.24, 2.45) is 5.73 Å². The number of benzene rings is 1. The van der Waals surface area contributed by atoms with Gasteiger partial charge in [0, 0.05) is 11.4 Å². The molecule has 0 aliphatic heterocycles. The molecule has 2 atom stereocenters. The highest BCUT2D eigenvalue weighted by Gasteiger charge is 2.59. The van der Waals surface area contributed by atoms with E-state index in [4.69, 9.17) is 10.2 Å². The molecular formula is C13H14F3NO2. The molecule has 104 valence electrons. The summed E-state index contributed by atoms with van der Waals surface area (Å²) in [4.78, 5) is 0. The lowest BCUT2D eigenvalue weighted by atomic mass is 9.92. The van der Waals surface area contributed by atoms with Gasteiger partial charge in [-0.1, -0.05) is 18.2 Å². The molecule has 0 spiro atoms. The fraction of sp³-hybridized carbons (Fsp3) is 0.385. The molecule has 0 saturated heterocycles. The van der Waals surface area contributed by atoms with E-state index < -0.39 is 23.6 Å². The molecule has 1 aromatic carbocycles. The Kier molecular flexibility index (Phi) is 3.10. The monoisotopic (exact) mass is 273 g/mol. The third kappa shape index (κ3) is 2.01. The average Bonchev–Trinajstić information content (AvgIpc) is 2.71. The summed E-state index contributed by atoms with van der Waals surface area (Å²) in [5.74, 6) is -0.584. The molecule has 2 aromatic rings. The number of aryl methyl sites for hydroxylation is 1. The Morgan fingerprint density at radius 1 is 1.32 bits per heavy atom. The Labute approximate surface area is 107 Å². The van der Waals surface area contributed by atoms with Crippen molar-refractivity contribution in [2.75, 3.05) is 0 Å². The maximum absolute atomic E-state index is 13.1. The number of fused-ring (bicyclic) bond motifs is 1. The van der Waals surface area contributed by atoms with Crippen LogP contribution in [-0.2, 0) is 5.60 Å². The lowest BCUT2D eigenvalue weighted by molar-refractivity contribution is -0.278. The van der Waals surface area contributed by atoms with Gasteiger partial charge < -0.3 is 15.3 Å². The molecule has 2 unspecified atom stereocenters. The van der Waals surface area contributed by atoms with Crippen molar-refractivity contribution in [3.63, 3.8) is 0 Å². The second-order valence-corrected chi connectivity index (χ2v) is 4.66. The van der Waals surface area contributed by atoms with E-state index in [0.717, 1.165) is 6.92 Å². The molecular weight excluding hydrogens is 259 g/mol. The van der Waals surface area contributed by atoms with E-state index in [9.17, 15) is 18.3 Å². The fourth-order valence-corrected chi connectivity index (χ4v) is 2.02. The minimum atomic E-state index is -4.91. The van der Waals surface area contributed by atoms with Gasteiger partial charge in [0.2, 0.25) is 5.60 Å². The SMILES string of the molecule is Cc1cccc2cc(C(O)(C(C)N)C(F)(F)F)oc12. The number of halogens is 3. The first kappa shape index (κ1) is 13.9. The standard InChI is InChI=1S/C13H14F3NO2/c1-7-4-3-5-9-6-10(19-11(7)9)12(18,8(2)17)13(14,15)16/h3-6,8,18H,17H2,1-2H3. The average molecular weight is 273 g/mol. The van der Waals surface area contributed by atoms with Crippen LogP contribution in [0, 0.1) is 6.92 Å². The van der Waals surface area contributed by atoms with Crippen molar-refractivity contribution in [1.29, 1.82) is 0 Å². The maximum atomic E-state index is 13.1. The Bertz CT molecular complexity index is 603. The van der Waals surface area contributed by atoms with E-state index in [1.165, 1.54) is 6.07 Å². The number of aliphatic hydroxyl groups is 1. The van der Waals surface area contributed by atoms with Gasteiger partial charge in [-0.25, -0.2) is 0 Å². The van der Waals surface area contributed by atoms with Crippen molar-refractivity contribution in [1.82, 2.24) is 0 Å². The first-order chi connectivity index (χ1) is 8.68. The number of hydrogen-bond acceptors (Lipinski definition) is 3. The Morgan fingerprint density at radius 2 is 1.95 bits per heavy atom. The van der Waals surface area contributed by atoms with Gasteiger partial charge >= 0.3 is 6.18 Å². The minimum absolute atomic E-state index is 0.320. The molecule has 19 heavy (non-hydrogen) atoms. The molecule has 0 radical (unpaired) electrons. The van der Waals surface area contributed by atoms with Crippen LogP contribution in [0.4, 0.5) is 13.2 Å². The number of hydrogen-bond donors (Lipinski definition) is 2. The van der Waals surface area contributed by atoms with Gasteiger partial charge in [-0.05, 0) is 25.5 Å². The molecule has 1 heterocycles. The summed E-state index contributed by atoms with van der Waals surface area (Å²) in [5.41, 5.74) is 3.14. The van der Waals surface area contributed by atoms with Crippen LogP contribution in [-0.4, -0.2) is 17.3 Å². The molecule has 0 aliphatic rings. The first-order valence-corrected chi connectivity index (χ1v) is 5.72. The Balaban J connectivity index is 2.68. The predicted molar refractivity (Wildman–Crippen MR) is 64.6 cm³/mol. The smallest absolute Gasteiger partial charge is 0.426 e. The van der Waals surface area contributed by atoms with Gasteiger partial charge in [0.15, 0.2) is 0 Å². The van der Waals surface area contributed by atoms with Gasteiger partial charge in [0.1, 0.15) is 11.3 Å². The van der Waals surface area contributed by atoms with Crippen molar-refractivity contribution >= 4 is 11.0 Å². The summed E-state index contributed by atoms with van der Waals surface area (Å²) in [6.07, 6.45) is -4.91. The zero-order valence-corrected chi connectivity index (χ0v) is 10.5. The zero-order chi connectivity index (χ0) is 14.4. The summed E-state index contributed by atoms with van der Waals surface area (Å²) in [7, 11) is 0. The van der Waals surface area contributed by atoms with Crippen LogP contribution in [0.2, 0.25) is 0 Å². The summed E-state index contributed by atoms with van der Waals surface area (Å²) < 4.78 is 44.4. The number of alkyl halides is 3. The Hall–Kier alpha value is -1.53. The molecule has 2 rings (SSSR count). The van der Waals surface area contributed by atoms with E-state index in [1.54, 1.807) is 25.1 Å². The molecule has 0 amide bonds. The number of furan rings is 1. The minimum Gasteiger partial charge on any atom is -0.457 e. The largest absolute Gasteiger partial charge is 0.457 e. The summed E-state index contributed by atoms with van der Waals surface area (Å²) in [6.45, 7) is 2.81. The van der Waals surface area contributed by atoms with E-state index in [-0.39, 0.29) is 0 Å². The number of rotatable bonds is 2. The van der Waals surface area contributed by atoms with Crippen LogP contribution in [0.1, 0.15) is 18.2 Å². The molecule has 0 bridgehead atoms. The summed E-state index contributed by atoms with van der Waals surface area (Å²) >= 11 is 0. The molecule has 3 nitrogen and oxygen atoms in total. The molecule has 1 aromatic heterocycles. The van der Waals surface area contributed by atoms with Crippen LogP contribution >= 0.6 is 0 Å². The predicted octanol–water partition coefficient (Wildman–Crippen LogP) is 2.84. The zero-order valence-electron chi connectivity index (χ0n) is 10.5. The van der Waals surface area contributed by atoms with Crippen LogP contribution in [0.15, 0.2) is 28.7 Å². The van der Waals surface area contributed by atoms with Crippen molar-refractivity contribution in [3.8, 4) is 0 Å². The van der Waals surface area contributed by atoms with Gasteiger partial charge in [0.25, 0.3) is 0 Å². The molecule has 0 fully saturated rings. The maximum Gasteiger partial charge on any atom is 0.426 e. The second-order valence-electron chi connectivity index (χ2n) is 4.66. The highest BCUT2D eigenvalue weighted by molar-refractivity contribution is 5.81. The van der Waals surface area contributed by atoms with E-state index in [0.29, 0.717) is 16.5 Å². The van der Waals surface area contributed by atoms with Crippen LogP contribution in [0.5, 0.6) is 0 Å². The van der Waals surface area contributed by atoms with Gasteiger partial charge in [-0.2, -0.15) is 13.2 Å². The van der Waals surface area contributed by atoms with Crippen molar-refractivity contribution < 1.29 is 22.7 Å². The lowest BCUT2D eigenvalue weighted by Crippen LogP contribution is -2.54. The van der Waals surface area contributed by atoms with Gasteiger partial charge in [-0.15, -0.1) is 0 Å². The molecule has 0 aliphatic carbocycles. The number of para-hydroxylation sites is 1.